The molecule has 0 saturated heterocycles. The largest absolute Gasteiger partial charge is 0.496 e. The van der Waals surface area contributed by atoms with Crippen molar-refractivity contribution in [3.8, 4) is 11.8 Å². The number of esters is 1. The van der Waals surface area contributed by atoms with E-state index < -0.39 is 5.97 Å². The Morgan fingerprint density at radius 2 is 1.64 bits per heavy atom. The standard InChI is InChI=1S/C24H19NO3/c1-27-23-10-6-5-9-21(23)15-22(20-7-3-2-4-8-20)24(26)28-17-19-13-11-18(16-25)12-14-19/h2-15H,17H2,1H3/b22-15+. The number of nitrogens with zero attached hydrogens (tertiary/aromatic N) is 1. The lowest BCUT2D eigenvalue weighted by atomic mass is 10.0. The number of carbonyl (C=O) groups is 1. The predicted octanol–water partition coefficient (Wildman–Crippen LogP) is 4.85. The molecule has 0 heterocycles. The van der Waals surface area contributed by atoms with E-state index in [1.807, 2.05) is 54.6 Å². The van der Waals surface area contributed by atoms with Gasteiger partial charge in [0.25, 0.3) is 0 Å². The maximum Gasteiger partial charge on any atom is 0.339 e. The molecule has 3 aromatic carbocycles. The van der Waals surface area contributed by atoms with E-state index in [2.05, 4.69) is 6.07 Å². The Morgan fingerprint density at radius 1 is 0.964 bits per heavy atom. The summed E-state index contributed by atoms with van der Waals surface area (Å²) in [4.78, 5) is 12.9. The Bertz CT molecular complexity index is 1020. The lowest BCUT2D eigenvalue weighted by molar-refractivity contribution is -0.137. The van der Waals surface area contributed by atoms with Crippen LogP contribution in [0.15, 0.2) is 78.9 Å². The zero-order chi connectivity index (χ0) is 19.8. The maximum atomic E-state index is 12.9. The van der Waals surface area contributed by atoms with Gasteiger partial charge in [-0.05, 0) is 35.4 Å². The zero-order valence-corrected chi connectivity index (χ0v) is 15.5. The number of carbonyl (C=O) groups excluding carboxylic acids is 1. The molecule has 0 unspecified atom stereocenters. The van der Waals surface area contributed by atoms with Gasteiger partial charge in [-0.3, -0.25) is 0 Å². The second-order valence-electron chi connectivity index (χ2n) is 6.05. The van der Waals surface area contributed by atoms with E-state index in [1.54, 1.807) is 37.5 Å². The average Bonchev–Trinajstić information content (AvgIpc) is 2.77. The number of ether oxygens (including phenoxy) is 2. The highest BCUT2D eigenvalue weighted by atomic mass is 16.5. The quantitative estimate of drug-likeness (QED) is 0.354. The molecule has 28 heavy (non-hydrogen) atoms. The van der Waals surface area contributed by atoms with Crippen LogP contribution in [0.3, 0.4) is 0 Å². The number of methoxy groups -OCH3 is 1. The minimum Gasteiger partial charge on any atom is -0.496 e. The van der Waals surface area contributed by atoms with E-state index in [1.165, 1.54) is 0 Å². The van der Waals surface area contributed by atoms with Crippen molar-refractivity contribution in [3.63, 3.8) is 0 Å². The normalized spacial score (nSPS) is 10.8. The molecule has 3 aromatic rings. The molecule has 0 radical (unpaired) electrons. The molecule has 0 aromatic heterocycles. The fourth-order valence-corrected chi connectivity index (χ4v) is 2.72. The van der Waals surface area contributed by atoms with E-state index in [4.69, 9.17) is 14.7 Å². The van der Waals surface area contributed by atoms with Crippen LogP contribution in [0.25, 0.3) is 11.6 Å². The molecule has 0 saturated carbocycles. The van der Waals surface area contributed by atoms with E-state index in [9.17, 15) is 4.79 Å². The molecule has 0 spiro atoms. The molecule has 0 amide bonds. The van der Waals surface area contributed by atoms with Gasteiger partial charge in [0.1, 0.15) is 12.4 Å². The van der Waals surface area contributed by atoms with Crippen molar-refractivity contribution in [2.24, 2.45) is 0 Å². The number of hydrogen-bond donors (Lipinski definition) is 0. The number of rotatable bonds is 6. The van der Waals surface area contributed by atoms with Crippen LogP contribution in [0.2, 0.25) is 0 Å². The van der Waals surface area contributed by atoms with Crippen LogP contribution in [0.4, 0.5) is 0 Å². The third-order valence-electron chi connectivity index (χ3n) is 4.20. The fourth-order valence-electron chi connectivity index (χ4n) is 2.72. The molecule has 0 aliphatic rings. The van der Waals surface area contributed by atoms with Crippen LogP contribution in [-0.4, -0.2) is 13.1 Å². The Balaban J connectivity index is 1.87. The van der Waals surface area contributed by atoms with Gasteiger partial charge in [0, 0.05) is 5.56 Å². The van der Waals surface area contributed by atoms with Crippen molar-refractivity contribution in [1.82, 2.24) is 0 Å². The van der Waals surface area contributed by atoms with Crippen LogP contribution in [0, 0.1) is 11.3 Å². The zero-order valence-electron chi connectivity index (χ0n) is 15.5. The number of hydrogen-bond acceptors (Lipinski definition) is 4. The summed E-state index contributed by atoms with van der Waals surface area (Å²) in [7, 11) is 1.60. The van der Waals surface area contributed by atoms with Gasteiger partial charge in [0.05, 0.1) is 24.3 Å². The van der Waals surface area contributed by atoms with Gasteiger partial charge in [-0.25, -0.2) is 4.79 Å². The number of para-hydroxylation sites is 1. The van der Waals surface area contributed by atoms with Crippen molar-refractivity contribution >= 4 is 17.6 Å². The van der Waals surface area contributed by atoms with Crippen molar-refractivity contribution in [2.75, 3.05) is 7.11 Å². The molecule has 4 nitrogen and oxygen atoms in total. The van der Waals surface area contributed by atoms with E-state index in [0.717, 1.165) is 16.7 Å². The van der Waals surface area contributed by atoms with Crippen LogP contribution >= 0.6 is 0 Å². The molecule has 4 heteroatoms. The van der Waals surface area contributed by atoms with Gasteiger partial charge in [-0.1, -0.05) is 60.7 Å². The van der Waals surface area contributed by atoms with E-state index in [0.29, 0.717) is 16.9 Å². The van der Waals surface area contributed by atoms with Crippen LogP contribution in [0.5, 0.6) is 5.75 Å². The summed E-state index contributed by atoms with van der Waals surface area (Å²) >= 11 is 0. The molecule has 0 bridgehead atoms. The summed E-state index contributed by atoms with van der Waals surface area (Å²) in [6, 6.07) is 25.9. The Labute approximate surface area is 164 Å². The summed E-state index contributed by atoms with van der Waals surface area (Å²) < 4.78 is 10.9. The molecular weight excluding hydrogens is 350 g/mol. The number of nitriles is 1. The smallest absolute Gasteiger partial charge is 0.339 e. The highest BCUT2D eigenvalue weighted by Crippen LogP contribution is 2.25. The first kappa shape index (κ1) is 18.9. The first-order valence-corrected chi connectivity index (χ1v) is 8.77. The summed E-state index contributed by atoms with van der Waals surface area (Å²) in [6.45, 7) is 0.126. The van der Waals surface area contributed by atoms with Crippen LogP contribution < -0.4 is 4.74 Å². The van der Waals surface area contributed by atoms with Gasteiger partial charge >= 0.3 is 5.97 Å². The minimum atomic E-state index is -0.429. The van der Waals surface area contributed by atoms with Gasteiger partial charge in [-0.15, -0.1) is 0 Å². The summed E-state index contributed by atoms with van der Waals surface area (Å²) in [6.07, 6.45) is 1.77. The molecule has 138 valence electrons. The number of benzene rings is 3. The van der Waals surface area contributed by atoms with Crippen molar-refractivity contribution in [1.29, 1.82) is 5.26 Å². The molecule has 0 aliphatic heterocycles. The monoisotopic (exact) mass is 369 g/mol. The molecular formula is C24H19NO3. The van der Waals surface area contributed by atoms with Gasteiger partial charge in [0.15, 0.2) is 0 Å². The molecule has 0 fully saturated rings. The van der Waals surface area contributed by atoms with Gasteiger partial charge in [0.2, 0.25) is 0 Å². The molecule has 0 N–H and O–H groups in total. The average molecular weight is 369 g/mol. The molecule has 3 rings (SSSR count). The summed E-state index contributed by atoms with van der Waals surface area (Å²) in [5.74, 6) is 0.247. The lowest BCUT2D eigenvalue weighted by Gasteiger charge is -2.11. The van der Waals surface area contributed by atoms with E-state index in [-0.39, 0.29) is 6.61 Å². The van der Waals surface area contributed by atoms with E-state index >= 15 is 0 Å². The predicted molar refractivity (Wildman–Crippen MR) is 108 cm³/mol. The third-order valence-corrected chi connectivity index (χ3v) is 4.20. The summed E-state index contributed by atoms with van der Waals surface area (Å²) in [5.41, 5.74) is 3.38. The second kappa shape index (κ2) is 9.20. The Kier molecular flexibility index (Phi) is 6.22. The third kappa shape index (κ3) is 4.66. The Hall–Kier alpha value is -3.84. The van der Waals surface area contributed by atoms with Gasteiger partial charge in [-0.2, -0.15) is 5.26 Å². The van der Waals surface area contributed by atoms with Crippen LogP contribution in [-0.2, 0) is 16.1 Å². The lowest BCUT2D eigenvalue weighted by Crippen LogP contribution is -2.07. The van der Waals surface area contributed by atoms with Gasteiger partial charge < -0.3 is 9.47 Å². The second-order valence-corrected chi connectivity index (χ2v) is 6.05. The SMILES string of the molecule is COc1ccccc1/C=C(/C(=O)OCc1ccc(C#N)cc1)c1ccccc1. The van der Waals surface area contributed by atoms with Crippen molar-refractivity contribution in [3.05, 3.63) is 101 Å². The topological polar surface area (TPSA) is 59.3 Å². The van der Waals surface area contributed by atoms with Crippen LogP contribution in [0.1, 0.15) is 22.3 Å². The van der Waals surface area contributed by atoms with Crippen molar-refractivity contribution in [2.45, 2.75) is 6.61 Å². The highest BCUT2D eigenvalue weighted by molar-refractivity contribution is 6.21. The fraction of sp³-hybridized carbons (Fsp3) is 0.0833. The minimum absolute atomic E-state index is 0.126. The molecule has 0 atom stereocenters. The van der Waals surface area contributed by atoms with Crippen molar-refractivity contribution < 1.29 is 14.3 Å². The first-order chi connectivity index (χ1) is 13.7. The molecule has 0 aliphatic carbocycles. The summed E-state index contributed by atoms with van der Waals surface area (Å²) in [5, 5.41) is 8.88. The maximum absolute atomic E-state index is 12.9. The highest BCUT2D eigenvalue weighted by Gasteiger charge is 2.15. The Morgan fingerprint density at radius 3 is 2.32 bits per heavy atom. The first-order valence-electron chi connectivity index (χ1n) is 8.77.